The number of rotatable bonds is 6. The van der Waals surface area contributed by atoms with Gasteiger partial charge in [-0.05, 0) is 6.92 Å². The Labute approximate surface area is 165 Å². The molecule has 0 bridgehead atoms. The fourth-order valence-corrected chi connectivity index (χ4v) is 0.833. The van der Waals surface area contributed by atoms with Crippen LogP contribution in [0.25, 0.3) is 0 Å². The number of carbonyl (C=O) groups is 3. The van der Waals surface area contributed by atoms with Crippen molar-refractivity contribution >= 4 is 107 Å². The van der Waals surface area contributed by atoms with Gasteiger partial charge in [0.15, 0.2) is 0 Å². The average molecular weight is 277 g/mol. The third-order valence-electron chi connectivity index (χ3n) is 1.58. The van der Waals surface area contributed by atoms with Gasteiger partial charge in [-0.25, -0.2) is 0 Å². The minimum atomic E-state index is -1.26. The van der Waals surface area contributed by atoms with Crippen LogP contribution < -0.4 is 0 Å². The van der Waals surface area contributed by atoms with Crippen molar-refractivity contribution < 1.29 is 29.7 Å². The van der Waals surface area contributed by atoms with Crippen molar-refractivity contribution in [1.82, 2.24) is 4.90 Å². The SMILES string of the molecule is CC(C(=O)O)N(CC(=O)O)CC(=O)O.[NaH].[NaH].[NaH]. The topological polar surface area (TPSA) is 115 Å². The van der Waals surface area contributed by atoms with E-state index >= 15 is 0 Å². The van der Waals surface area contributed by atoms with Crippen molar-refractivity contribution in [2.45, 2.75) is 13.0 Å². The van der Waals surface area contributed by atoms with Crippen molar-refractivity contribution in [3.63, 3.8) is 0 Å². The second kappa shape index (κ2) is 13.8. The van der Waals surface area contributed by atoms with Gasteiger partial charge in [-0.15, -0.1) is 0 Å². The van der Waals surface area contributed by atoms with Crippen LogP contribution in [0.4, 0.5) is 0 Å². The molecule has 0 rings (SSSR count). The van der Waals surface area contributed by atoms with Crippen LogP contribution in [0.2, 0.25) is 0 Å². The van der Waals surface area contributed by atoms with E-state index in [1.165, 1.54) is 6.92 Å². The van der Waals surface area contributed by atoms with Crippen molar-refractivity contribution in [1.29, 1.82) is 0 Å². The third-order valence-corrected chi connectivity index (χ3v) is 1.58. The van der Waals surface area contributed by atoms with E-state index in [2.05, 4.69) is 0 Å². The zero-order chi connectivity index (χ0) is 11.3. The predicted molar refractivity (Wildman–Crippen MR) is 65.4 cm³/mol. The molecule has 0 aromatic rings. The van der Waals surface area contributed by atoms with Crippen molar-refractivity contribution in [2.24, 2.45) is 0 Å². The molecule has 0 heterocycles. The molecule has 10 heteroatoms. The van der Waals surface area contributed by atoms with Crippen molar-refractivity contribution in [3.8, 4) is 0 Å². The minimum absolute atomic E-state index is 0. The van der Waals surface area contributed by atoms with Crippen LogP contribution in [-0.4, -0.2) is 146 Å². The van der Waals surface area contributed by atoms with E-state index in [0.717, 1.165) is 4.90 Å². The summed E-state index contributed by atoms with van der Waals surface area (Å²) in [5.74, 6) is -3.79. The number of nitrogens with zero attached hydrogens (tertiary/aromatic N) is 1. The van der Waals surface area contributed by atoms with Crippen LogP contribution in [0.1, 0.15) is 6.92 Å². The van der Waals surface area contributed by atoms with Gasteiger partial charge in [-0.3, -0.25) is 19.3 Å². The van der Waals surface area contributed by atoms with E-state index in [1.54, 1.807) is 0 Å². The average Bonchev–Trinajstić information content (AvgIpc) is 1.99. The summed E-state index contributed by atoms with van der Waals surface area (Å²) in [7, 11) is 0. The summed E-state index contributed by atoms with van der Waals surface area (Å²) in [5, 5.41) is 25.4. The molecule has 0 aliphatic heterocycles. The van der Waals surface area contributed by atoms with E-state index in [4.69, 9.17) is 15.3 Å². The molecule has 0 fully saturated rings. The van der Waals surface area contributed by atoms with E-state index in [1.807, 2.05) is 0 Å². The Morgan fingerprint density at radius 3 is 1.41 bits per heavy atom. The Kier molecular flexibility index (Phi) is 21.8. The first-order valence-electron chi connectivity index (χ1n) is 3.75. The Bertz CT molecular complexity index is 246. The van der Waals surface area contributed by atoms with Crippen molar-refractivity contribution in [2.75, 3.05) is 13.1 Å². The summed E-state index contributed by atoms with van der Waals surface area (Å²) < 4.78 is 0. The van der Waals surface area contributed by atoms with Gasteiger partial charge in [0.2, 0.25) is 0 Å². The molecule has 0 saturated heterocycles. The molecule has 0 aliphatic carbocycles. The van der Waals surface area contributed by atoms with Gasteiger partial charge in [0.1, 0.15) is 6.04 Å². The van der Waals surface area contributed by atoms with E-state index in [-0.39, 0.29) is 88.7 Å². The maximum absolute atomic E-state index is 10.5. The van der Waals surface area contributed by atoms with Crippen LogP contribution in [0.5, 0.6) is 0 Å². The van der Waals surface area contributed by atoms with Gasteiger partial charge in [0, 0.05) is 0 Å². The van der Waals surface area contributed by atoms with Crippen LogP contribution in [0.3, 0.4) is 0 Å². The van der Waals surface area contributed by atoms with Gasteiger partial charge in [0.05, 0.1) is 13.1 Å². The second-order valence-corrected chi connectivity index (χ2v) is 2.71. The first-order valence-corrected chi connectivity index (χ1v) is 3.75. The standard InChI is InChI=1S/C7H11NO6.3Na.3H/c1-4(7(13)14)8(2-5(9)10)3-6(11)12;;;;;;/h4H,2-3H2,1H3,(H,9,10)(H,11,12)(H,13,14);;;;;;. The van der Waals surface area contributed by atoms with Gasteiger partial charge < -0.3 is 15.3 Å². The van der Waals surface area contributed by atoms with Gasteiger partial charge in [-0.2, -0.15) is 0 Å². The van der Waals surface area contributed by atoms with Crippen LogP contribution >= 0.6 is 0 Å². The summed E-state index contributed by atoms with van der Waals surface area (Å²) in [4.78, 5) is 31.9. The first-order chi connectivity index (χ1) is 6.34. The van der Waals surface area contributed by atoms with Crippen LogP contribution in [0, 0.1) is 0 Å². The van der Waals surface area contributed by atoms with E-state index in [0.29, 0.717) is 0 Å². The third kappa shape index (κ3) is 13.6. The summed E-state index contributed by atoms with van der Waals surface area (Å²) in [6.07, 6.45) is 0. The first kappa shape index (κ1) is 26.8. The molecule has 86 valence electrons. The molecule has 0 spiro atoms. The zero-order valence-electron chi connectivity index (χ0n) is 7.51. The number of aliphatic carboxylic acids is 3. The summed E-state index contributed by atoms with van der Waals surface area (Å²) in [6.45, 7) is 0.00769. The fraction of sp³-hybridized carbons (Fsp3) is 0.571. The molecule has 0 amide bonds. The van der Waals surface area contributed by atoms with Crippen LogP contribution in [-0.2, 0) is 14.4 Å². The molecular formula is C7H14NNa3O6. The predicted octanol–water partition coefficient (Wildman–Crippen LogP) is -3.01. The number of carboxylic acids is 3. The Balaban J connectivity index is -0.000000282. The summed E-state index contributed by atoms with van der Waals surface area (Å²) in [6, 6.07) is -1.14. The van der Waals surface area contributed by atoms with E-state index in [9.17, 15) is 14.4 Å². The zero-order valence-corrected chi connectivity index (χ0v) is 7.51. The molecule has 0 saturated carbocycles. The molecule has 0 aliphatic rings. The van der Waals surface area contributed by atoms with E-state index < -0.39 is 37.0 Å². The fourth-order valence-electron chi connectivity index (χ4n) is 0.833. The normalized spacial score (nSPS) is 10.2. The monoisotopic (exact) mass is 277 g/mol. The van der Waals surface area contributed by atoms with Crippen molar-refractivity contribution in [3.05, 3.63) is 0 Å². The molecule has 0 aromatic heterocycles. The molecule has 0 aromatic carbocycles. The molecule has 0 radical (unpaired) electrons. The van der Waals surface area contributed by atoms with Gasteiger partial charge >= 0.3 is 107 Å². The molecule has 1 unspecified atom stereocenters. The van der Waals surface area contributed by atoms with Gasteiger partial charge in [0.25, 0.3) is 0 Å². The summed E-state index contributed by atoms with van der Waals surface area (Å²) in [5.41, 5.74) is 0. The molecule has 7 nitrogen and oxygen atoms in total. The van der Waals surface area contributed by atoms with Crippen LogP contribution in [0.15, 0.2) is 0 Å². The molecule has 17 heavy (non-hydrogen) atoms. The number of carboxylic acid groups (broad SMARTS) is 3. The van der Waals surface area contributed by atoms with Gasteiger partial charge in [-0.1, -0.05) is 0 Å². The maximum atomic E-state index is 10.5. The molecule has 3 N–H and O–H groups in total. The number of hydrogen-bond acceptors (Lipinski definition) is 4. The second-order valence-electron chi connectivity index (χ2n) is 2.71. The number of hydrogen-bond donors (Lipinski definition) is 3. The Morgan fingerprint density at radius 2 is 1.24 bits per heavy atom. The Morgan fingerprint density at radius 1 is 0.941 bits per heavy atom. The Hall–Kier alpha value is 1.37. The quantitative estimate of drug-likeness (QED) is 0.443. The summed E-state index contributed by atoms with van der Waals surface area (Å²) >= 11 is 0. The molecule has 1 atom stereocenters. The molecular weight excluding hydrogens is 263 g/mol.